The van der Waals surface area contributed by atoms with Gasteiger partial charge < -0.3 is 10.1 Å². The summed E-state index contributed by atoms with van der Waals surface area (Å²) in [6.07, 6.45) is 7.19. The molecule has 0 saturated carbocycles. The maximum Gasteiger partial charge on any atom is 0.348 e. The van der Waals surface area contributed by atoms with Crippen LogP contribution < -0.4 is 11.0 Å². The fraction of sp³-hybridized carbons (Fsp3) is 0.722. The van der Waals surface area contributed by atoms with Crippen molar-refractivity contribution in [2.75, 3.05) is 18.9 Å². The minimum atomic E-state index is -0.201. The van der Waals surface area contributed by atoms with Crippen molar-refractivity contribution in [2.45, 2.75) is 69.5 Å². The highest BCUT2D eigenvalue weighted by atomic mass is 32.2. The maximum absolute atomic E-state index is 12.6. The molecule has 0 aromatic carbocycles. The first-order chi connectivity index (χ1) is 12.2. The zero-order valence-electron chi connectivity index (χ0n) is 14.9. The summed E-state index contributed by atoms with van der Waals surface area (Å²) in [5.41, 5.74) is 2.07. The Morgan fingerprint density at radius 3 is 2.96 bits per heavy atom. The predicted molar refractivity (Wildman–Crippen MR) is 98.1 cm³/mol. The van der Waals surface area contributed by atoms with Gasteiger partial charge in [-0.25, -0.2) is 4.79 Å². The number of carbonyl (C=O) groups excluding carboxylic acids is 1. The number of fused-ring (bicyclic) bond motifs is 1. The van der Waals surface area contributed by atoms with E-state index in [0.717, 1.165) is 67.8 Å². The number of hydrogen-bond acceptors (Lipinski definition) is 5. The number of thioether (sulfide) groups is 1. The molecular formula is C18H27N3O3S. The zero-order valence-corrected chi connectivity index (χ0v) is 15.7. The highest BCUT2D eigenvalue weighted by molar-refractivity contribution is 7.99. The number of nitrogens with zero attached hydrogens (tertiary/aromatic N) is 2. The normalized spacial score (nSPS) is 19.6. The summed E-state index contributed by atoms with van der Waals surface area (Å²) >= 11 is 1.39. The summed E-state index contributed by atoms with van der Waals surface area (Å²) in [5, 5.41) is 3.61. The molecule has 1 aromatic heterocycles. The smallest absolute Gasteiger partial charge is 0.348 e. The van der Waals surface area contributed by atoms with Crippen LogP contribution in [-0.2, 0) is 28.9 Å². The van der Waals surface area contributed by atoms with E-state index < -0.39 is 0 Å². The molecule has 6 nitrogen and oxygen atoms in total. The largest absolute Gasteiger partial charge is 0.376 e. The van der Waals surface area contributed by atoms with Crippen LogP contribution in [0.5, 0.6) is 0 Å². The van der Waals surface area contributed by atoms with Crippen LogP contribution in [0.4, 0.5) is 0 Å². The van der Waals surface area contributed by atoms with E-state index in [0.29, 0.717) is 18.8 Å². The molecule has 1 saturated heterocycles. The molecule has 1 aliphatic heterocycles. The van der Waals surface area contributed by atoms with E-state index in [1.165, 1.54) is 11.8 Å². The average molecular weight is 365 g/mol. The second-order valence-electron chi connectivity index (χ2n) is 6.72. The number of carbonyl (C=O) groups is 1. The first-order valence-corrected chi connectivity index (χ1v) is 10.3. The fourth-order valence-corrected chi connectivity index (χ4v) is 4.40. The number of amides is 1. The summed E-state index contributed by atoms with van der Waals surface area (Å²) in [7, 11) is 0. The number of rotatable bonds is 7. The van der Waals surface area contributed by atoms with E-state index in [2.05, 4.69) is 10.3 Å². The van der Waals surface area contributed by atoms with E-state index >= 15 is 0 Å². The van der Waals surface area contributed by atoms with Gasteiger partial charge in [-0.3, -0.25) is 9.36 Å². The second kappa shape index (κ2) is 8.85. The zero-order chi connectivity index (χ0) is 17.6. The molecule has 1 fully saturated rings. The Balaban J connectivity index is 1.78. The van der Waals surface area contributed by atoms with Crippen LogP contribution in [0.25, 0.3) is 0 Å². The predicted octanol–water partition coefficient (Wildman–Crippen LogP) is 1.92. The maximum atomic E-state index is 12.6. The van der Waals surface area contributed by atoms with Gasteiger partial charge in [-0.2, -0.15) is 4.98 Å². The Bertz CT molecular complexity index is 668. The SMILES string of the molecule is CCCNC(=O)CSc1nc(=O)n(CC2CCCO2)c2c1CCCC2. The van der Waals surface area contributed by atoms with Gasteiger partial charge in [-0.1, -0.05) is 18.7 Å². The van der Waals surface area contributed by atoms with Crippen LogP contribution in [0.3, 0.4) is 0 Å². The lowest BCUT2D eigenvalue weighted by molar-refractivity contribution is -0.118. The van der Waals surface area contributed by atoms with E-state index in [9.17, 15) is 9.59 Å². The Morgan fingerprint density at radius 2 is 2.20 bits per heavy atom. The molecule has 138 valence electrons. The third-order valence-corrected chi connectivity index (χ3v) is 5.79. The molecule has 7 heteroatoms. The van der Waals surface area contributed by atoms with Crippen LogP contribution in [0.1, 0.15) is 50.3 Å². The number of ether oxygens (including phenoxy) is 1. The minimum absolute atomic E-state index is 0.00161. The van der Waals surface area contributed by atoms with Gasteiger partial charge in [0.2, 0.25) is 5.91 Å². The van der Waals surface area contributed by atoms with Gasteiger partial charge in [0, 0.05) is 24.4 Å². The molecule has 1 amide bonds. The monoisotopic (exact) mass is 365 g/mol. The van der Waals surface area contributed by atoms with Crippen molar-refractivity contribution in [3.63, 3.8) is 0 Å². The van der Waals surface area contributed by atoms with Crippen LogP contribution in [0, 0.1) is 0 Å². The molecule has 2 heterocycles. The molecule has 0 spiro atoms. The standard InChI is InChI=1S/C18H27N3O3S/c1-2-9-19-16(22)12-25-17-14-7-3-4-8-15(14)21(18(23)20-17)11-13-6-5-10-24-13/h13H,2-12H2,1H3,(H,19,22). The van der Waals surface area contributed by atoms with Crippen LogP contribution in [-0.4, -0.2) is 40.5 Å². The van der Waals surface area contributed by atoms with Crippen molar-refractivity contribution in [1.29, 1.82) is 0 Å². The van der Waals surface area contributed by atoms with Gasteiger partial charge in [0.1, 0.15) is 5.03 Å². The Labute approximate surface area is 152 Å². The summed E-state index contributed by atoms with van der Waals surface area (Å²) in [5.74, 6) is 0.316. The number of nitrogens with one attached hydrogen (secondary N) is 1. The van der Waals surface area contributed by atoms with E-state index in [1.54, 1.807) is 0 Å². The molecule has 25 heavy (non-hydrogen) atoms. The van der Waals surface area contributed by atoms with Gasteiger partial charge in [0.25, 0.3) is 0 Å². The first kappa shape index (κ1) is 18.5. The highest BCUT2D eigenvalue weighted by Crippen LogP contribution is 2.29. The quantitative estimate of drug-likeness (QED) is 0.590. The van der Waals surface area contributed by atoms with Gasteiger partial charge >= 0.3 is 5.69 Å². The number of aromatic nitrogens is 2. The lowest BCUT2D eigenvalue weighted by Crippen LogP contribution is -2.34. The molecular weight excluding hydrogens is 338 g/mol. The third kappa shape index (κ3) is 4.64. The van der Waals surface area contributed by atoms with Crippen LogP contribution in [0.15, 0.2) is 9.82 Å². The van der Waals surface area contributed by atoms with E-state index in [1.807, 2.05) is 11.5 Å². The molecule has 1 aromatic rings. The van der Waals surface area contributed by atoms with Gasteiger partial charge in [0.15, 0.2) is 0 Å². The molecule has 1 N–H and O–H groups in total. The van der Waals surface area contributed by atoms with Crippen molar-refractivity contribution in [2.24, 2.45) is 0 Å². The van der Waals surface area contributed by atoms with Gasteiger partial charge in [-0.15, -0.1) is 0 Å². The number of hydrogen-bond donors (Lipinski definition) is 1. The van der Waals surface area contributed by atoms with Crippen LogP contribution in [0.2, 0.25) is 0 Å². The van der Waals surface area contributed by atoms with E-state index in [4.69, 9.17) is 4.74 Å². The van der Waals surface area contributed by atoms with E-state index in [-0.39, 0.29) is 17.7 Å². The van der Waals surface area contributed by atoms with Crippen molar-refractivity contribution in [1.82, 2.24) is 14.9 Å². The molecule has 0 radical (unpaired) electrons. The van der Waals surface area contributed by atoms with Gasteiger partial charge in [-0.05, 0) is 44.9 Å². The Hall–Kier alpha value is -1.34. The summed E-state index contributed by atoms with van der Waals surface area (Å²) in [4.78, 5) is 28.8. The summed E-state index contributed by atoms with van der Waals surface area (Å²) in [6.45, 7) is 4.11. The third-order valence-electron chi connectivity index (χ3n) is 4.77. The lowest BCUT2D eigenvalue weighted by atomic mass is 9.97. The van der Waals surface area contributed by atoms with Crippen molar-refractivity contribution in [3.8, 4) is 0 Å². The van der Waals surface area contributed by atoms with Crippen LogP contribution >= 0.6 is 11.8 Å². The molecule has 1 unspecified atom stereocenters. The summed E-state index contributed by atoms with van der Waals surface area (Å²) < 4.78 is 7.53. The highest BCUT2D eigenvalue weighted by Gasteiger charge is 2.24. The molecule has 0 bridgehead atoms. The van der Waals surface area contributed by atoms with Gasteiger partial charge in [0.05, 0.1) is 18.4 Å². The summed E-state index contributed by atoms with van der Waals surface area (Å²) in [6, 6.07) is 0. The molecule has 1 atom stereocenters. The average Bonchev–Trinajstić information content (AvgIpc) is 3.14. The Kier molecular flexibility index (Phi) is 6.53. The first-order valence-electron chi connectivity index (χ1n) is 9.32. The van der Waals surface area contributed by atoms with Crippen molar-refractivity contribution >= 4 is 17.7 Å². The minimum Gasteiger partial charge on any atom is -0.376 e. The lowest BCUT2D eigenvalue weighted by Gasteiger charge is -2.24. The topological polar surface area (TPSA) is 73.2 Å². The molecule has 1 aliphatic carbocycles. The molecule has 3 rings (SSSR count). The molecule has 2 aliphatic rings. The van der Waals surface area contributed by atoms with Crippen molar-refractivity contribution < 1.29 is 9.53 Å². The fourth-order valence-electron chi connectivity index (χ4n) is 3.50. The second-order valence-corrected chi connectivity index (χ2v) is 7.68. The van der Waals surface area contributed by atoms with Crippen molar-refractivity contribution in [3.05, 3.63) is 21.7 Å². The Morgan fingerprint density at radius 1 is 1.36 bits per heavy atom.